The van der Waals surface area contributed by atoms with Gasteiger partial charge in [-0.25, -0.2) is 4.79 Å². The third-order valence-corrected chi connectivity index (χ3v) is 10.1. The van der Waals surface area contributed by atoms with E-state index in [1.54, 1.807) is 23.1 Å². The van der Waals surface area contributed by atoms with Crippen LogP contribution in [0.15, 0.2) is 18.2 Å². The number of likely N-dealkylation sites (tertiary alicyclic amines) is 1. The largest absolute Gasteiger partial charge is 0.495 e. The van der Waals surface area contributed by atoms with E-state index in [1.807, 2.05) is 9.80 Å². The topological polar surface area (TPSA) is 106 Å². The number of carbonyl (C=O) groups is 2. The van der Waals surface area contributed by atoms with Gasteiger partial charge in [-0.3, -0.25) is 9.69 Å². The fourth-order valence-corrected chi connectivity index (χ4v) is 7.33. The van der Waals surface area contributed by atoms with Crippen LogP contribution in [-0.4, -0.2) is 123 Å². The second kappa shape index (κ2) is 13.5. The first-order chi connectivity index (χ1) is 18.7. The summed E-state index contributed by atoms with van der Waals surface area (Å²) < 4.78 is 34.8. The highest BCUT2D eigenvalue weighted by molar-refractivity contribution is 7.86. The SMILES string of the molecule is CCCC1CCN(C(=O)N2CCN(S(=O)(=O)N3CCN(CC(=O)Nc4cc(Cl)ccc4OC)CC3)CC2)CC1. The van der Waals surface area contributed by atoms with Crippen molar-refractivity contribution in [1.29, 1.82) is 0 Å². The summed E-state index contributed by atoms with van der Waals surface area (Å²) in [6, 6.07) is 5.04. The smallest absolute Gasteiger partial charge is 0.320 e. The van der Waals surface area contributed by atoms with Gasteiger partial charge in [-0.1, -0.05) is 31.4 Å². The van der Waals surface area contributed by atoms with E-state index in [2.05, 4.69) is 12.2 Å². The quantitative estimate of drug-likeness (QED) is 0.503. The Morgan fingerprint density at radius 3 is 2.13 bits per heavy atom. The molecule has 0 bridgehead atoms. The molecule has 0 spiro atoms. The highest BCUT2D eigenvalue weighted by Crippen LogP contribution is 2.28. The number of ether oxygens (including phenoxy) is 1. The summed E-state index contributed by atoms with van der Waals surface area (Å²) in [5.41, 5.74) is 0.495. The number of nitrogens with one attached hydrogen (secondary N) is 1. The van der Waals surface area contributed by atoms with E-state index in [9.17, 15) is 18.0 Å². The van der Waals surface area contributed by atoms with Gasteiger partial charge < -0.3 is 19.9 Å². The van der Waals surface area contributed by atoms with E-state index in [-0.39, 0.29) is 18.5 Å². The van der Waals surface area contributed by atoms with Crippen molar-refractivity contribution in [3.8, 4) is 5.75 Å². The minimum Gasteiger partial charge on any atom is -0.495 e. The molecular weight excluding hydrogens is 544 g/mol. The first-order valence-corrected chi connectivity index (χ1v) is 15.6. The first-order valence-electron chi connectivity index (χ1n) is 13.9. The Morgan fingerprint density at radius 2 is 1.54 bits per heavy atom. The van der Waals surface area contributed by atoms with Crippen LogP contribution in [0.3, 0.4) is 0 Å². The van der Waals surface area contributed by atoms with E-state index >= 15 is 0 Å². The van der Waals surface area contributed by atoms with Crippen molar-refractivity contribution in [2.75, 3.05) is 84.4 Å². The monoisotopic (exact) mass is 584 g/mol. The molecule has 3 saturated heterocycles. The van der Waals surface area contributed by atoms with E-state index in [1.165, 1.54) is 28.6 Å². The summed E-state index contributed by atoms with van der Waals surface area (Å²) in [6.45, 7) is 6.83. The number of carbonyl (C=O) groups excluding carboxylic acids is 2. The van der Waals surface area contributed by atoms with Crippen molar-refractivity contribution in [1.82, 2.24) is 23.3 Å². The number of piperidine rings is 1. The molecule has 11 nitrogen and oxygen atoms in total. The number of benzene rings is 1. The molecule has 0 aromatic heterocycles. The Kier molecular flexibility index (Phi) is 10.3. The highest BCUT2D eigenvalue weighted by Gasteiger charge is 2.36. The van der Waals surface area contributed by atoms with Gasteiger partial charge in [0.25, 0.3) is 10.2 Å². The molecule has 1 aromatic rings. The number of hydrogen-bond acceptors (Lipinski definition) is 6. The molecule has 218 valence electrons. The number of methoxy groups -OCH3 is 1. The van der Waals surface area contributed by atoms with Crippen molar-refractivity contribution in [2.24, 2.45) is 5.92 Å². The summed E-state index contributed by atoms with van der Waals surface area (Å²) in [4.78, 5) is 31.2. The molecule has 3 heterocycles. The van der Waals surface area contributed by atoms with Crippen LogP contribution in [-0.2, 0) is 15.0 Å². The number of hydrogen-bond donors (Lipinski definition) is 1. The van der Waals surface area contributed by atoms with Crippen molar-refractivity contribution in [3.05, 3.63) is 23.2 Å². The number of rotatable bonds is 8. The van der Waals surface area contributed by atoms with E-state index in [4.69, 9.17) is 16.3 Å². The fourth-order valence-electron chi connectivity index (χ4n) is 5.58. The zero-order valence-corrected chi connectivity index (χ0v) is 24.6. The average molecular weight is 585 g/mol. The van der Waals surface area contributed by atoms with Crippen LogP contribution in [0.4, 0.5) is 10.5 Å². The van der Waals surface area contributed by atoms with Crippen LogP contribution < -0.4 is 10.1 Å². The van der Waals surface area contributed by atoms with Crippen LogP contribution in [0.5, 0.6) is 5.75 Å². The van der Waals surface area contributed by atoms with E-state index in [0.717, 1.165) is 25.9 Å². The second-order valence-corrected chi connectivity index (χ2v) is 12.8. The summed E-state index contributed by atoms with van der Waals surface area (Å²) in [5, 5.41) is 3.31. The molecule has 39 heavy (non-hydrogen) atoms. The van der Waals surface area contributed by atoms with E-state index < -0.39 is 10.2 Å². The lowest BCUT2D eigenvalue weighted by Crippen LogP contribution is -2.59. The molecule has 3 fully saturated rings. The van der Waals surface area contributed by atoms with Gasteiger partial charge in [-0.2, -0.15) is 17.0 Å². The van der Waals surface area contributed by atoms with Gasteiger partial charge in [0.15, 0.2) is 0 Å². The van der Waals surface area contributed by atoms with Crippen molar-refractivity contribution in [2.45, 2.75) is 32.6 Å². The highest BCUT2D eigenvalue weighted by atomic mass is 35.5. The van der Waals surface area contributed by atoms with Crippen molar-refractivity contribution < 1.29 is 22.7 Å². The molecule has 3 aliphatic rings. The Labute approximate surface area is 237 Å². The minimum absolute atomic E-state index is 0.0317. The maximum Gasteiger partial charge on any atom is 0.320 e. The molecule has 1 N–H and O–H groups in total. The second-order valence-electron chi connectivity index (χ2n) is 10.5. The number of halogens is 1. The Balaban J connectivity index is 1.21. The first kappa shape index (κ1) is 29.9. The van der Waals surface area contributed by atoms with Gasteiger partial charge >= 0.3 is 6.03 Å². The van der Waals surface area contributed by atoms with Crippen LogP contribution in [0, 0.1) is 5.92 Å². The zero-order chi connectivity index (χ0) is 28.0. The number of piperazine rings is 2. The molecule has 3 amide bonds. The molecule has 0 aliphatic carbocycles. The molecule has 3 aliphatic heterocycles. The number of amides is 3. The Hall–Kier alpha value is -2.12. The summed E-state index contributed by atoms with van der Waals surface area (Å²) >= 11 is 6.04. The number of anilines is 1. The van der Waals surface area contributed by atoms with E-state index in [0.29, 0.717) is 74.7 Å². The average Bonchev–Trinajstić information content (AvgIpc) is 2.94. The maximum atomic E-state index is 13.3. The molecule has 0 radical (unpaired) electrons. The lowest BCUT2D eigenvalue weighted by atomic mass is 9.93. The van der Waals surface area contributed by atoms with Gasteiger partial charge in [0.05, 0.1) is 19.3 Å². The molecule has 0 saturated carbocycles. The van der Waals surface area contributed by atoms with Crippen LogP contribution in [0.2, 0.25) is 5.02 Å². The molecule has 1 aromatic carbocycles. The maximum absolute atomic E-state index is 13.3. The van der Waals surface area contributed by atoms with Crippen LogP contribution in [0.25, 0.3) is 0 Å². The predicted molar refractivity (Wildman–Crippen MR) is 151 cm³/mol. The number of urea groups is 1. The van der Waals surface area contributed by atoms with Crippen LogP contribution in [0.1, 0.15) is 32.6 Å². The Bertz CT molecular complexity index is 1100. The molecule has 13 heteroatoms. The third kappa shape index (κ3) is 7.55. The zero-order valence-electron chi connectivity index (χ0n) is 23.0. The van der Waals surface area contributed by atoms with Gasteiger partial charge in [-0.05, 0) is 37.0 Å². The molecule has 0 unspecified atom stereocenters. The van der Waals surface area contributed by atoms with Crippen molar-refractivity contribution >= 4 is 39.4 Å². The fraction of sp³-hybridized carbons (Fsp3) is 0.692. The van der Waals surface area contributed by atoms with Gasteiger partial charge in [0.2, 0.25) is 5.91 Å². The lowest BCUT2D eigenvalue weighted by Gasteiger charge is -2.41. The van der Waals surface area contributed by atoms with Crippen molar-refractivity contribution in [3.63, 3.8) is 0 Å². The Morgan fingerprint density at radius 1 is 0.949 bits per heavy atom. The predicted octanol–water partition coefficient (Wildman–Crippen LogP) is 2.40. The van der Waals surface area contributed by atoms with Crippen LogP contribution >= 0.6 is 11.6 Å². The summed E-state index contributed by atoms with van der Waals surface area (Å²) in [6.07, 6.45) is 4.50. The molecule has 0 atom stereocenters. The van der Waals surface area contributed by atoms with Gasteiger partial charge in [0, 0.05) is 70.5 Å². The number of nitrogens with zero attached hydrogens (tertiary/aromatic N) is 5. The minimum atomic E-state index is -3.63. The molecule has 4 rings (SSSR count). The van der Waals surface area contributed by atoms with Gasteiger partial charge in [-0.15, -0.1) is 0 Å². The third-order valence-electron chi connectivity index (χ3n) is 7.88. The summed E-state index contributed by atoms with van der Waals surface area (Å²) in [5.74, 6) is 1.01. The van der Waals surface area contributed by atoms with Gasteiger partial charge in [0.1, 0.15) is 5.75 Å². The molecular formula is C26H41ClN6O5S. The standard InChI is InChI=1S/C26H41ClN6O5S/c1-3-4-21-7-9-30(10-8-21)26(35)31-13-17-33(18-14-31)39(36,37)32-15-11-29(12-16-32)20-25(34)28-23-19-22(27)5-6-24(23)38-2/h5-6,19,21H,3-4,7-18,20H2,1-2H3,(H,28,34). The normalized spacial score (nSPS) is 20.7. The lowest BCUT2D eigenvalue weighted by molar-refractivity contribution is -0.117. The summed E-state index contributed by atoms with van der Waals surface area (Å²) in [7, 11) is -2.11.